The Morgan fingerprint density at radius 2 is 2.12 bits per heavy atom. The second-order valence-corrected chi connectivity index (χ2v) is 4.80. The monoisotopic (exact) mass is 219 g/mol. The van der Waals surface area contributed by atoms with Gasteiger partial charge in [-0.25, -0.2) is 0 Å². The van der Waals surface area contributed by atoms with Gasteiger partial charge in [-0.2, -0.15) is 5.10 Å². The lowest BCUT2D eigenvalue weighted by atomic mass is 10.1. The number of hydrogen-bond acceptors (Lipinski definition) is 2. The number of likely N-dealkylation sites (tertiary alicyclic amines) is 1. The minimum Gasteiger partial charge on any atom is -0.300 e. The van der Waals surface area contributed by atoms with E-state index in [0.717, 1.165) is 6.54 Å². The van der Waals surface area contributed by atoms with E-state index in [1.165, 1.54) is 31.5 Å². The van der Waals surface area contributed by atoms with Gasteiger partial charge in [0.2, 0.25) is 0 Å². The van der Waals surface area contributed by atoms with E-state index >= 15 is 0 Å². The van der Waals surface area contributed by atoms with E-state index < -0.39 is 0 Å². The molecule has 0 aromatic carbocycles. The molecule has 1 aromatic heterocycles. The lowest BCUT2D eigenvalue weighted by molar-refractivity contribution is 0.195. The van der Waals surface area contributed by atoms with Crippen molar-refractivity contribution >= 4 is 0 Å². The van der Waals surface area contributed by atoms with Gasteiger partial charge in [0.25, 0.3) is 0 Å². The fourth-order valence-corrected chi connectivity index (χ4v) is 2.17. The average Bonchev–Trinajstić information content (AvgIpc) is 2.80. The lowest BCUT2D eigenvalue weighted by Crippen LogP contribution is -2.34. The lowest BCUT2D eigenvalue weighted by Gasteiger charge is -2.31. The zero-order valence-corrected chi connectivity index (χ0v) is 10.3. The fraction of sp³-hybridized carbons (Fsp3) is 0.615. The summed E-state index contributed by atoms with van der Waals surface area (Å²) in [7, 11) is 0. The third kappa shape index (κ3) is 2.95. The van der Waals surface area contributed by atoms with Crippen LogP contribution in [-0.2, 0) is 0 Å². The predicted molar refractivity (Wildman–Crippen MR) is 66.4 cm³/mol. The van der Waals surface area contributed by atoms with Gasteiger partial charge in [0.15, 0.2) is 0 Å². The standard InChI is InChI=1S/C13H21N3/c1-12(2)4-9-15-10-5-13(6-11-15)16-8-3-7-14-16/h3-4,7-8,13H,5-6,9-11H2,1-2H3. The third-order valence-corrected chi connectivity index (χ3v) is 3.21. The summed E-state index contributed by atoms with van der Waals surface area (Å²) in [6.07, 6.45) is 8.71. The van der Waals surface area contributed by atoms with E-state index in [1.54, 1.807) is 0 Å². The molecule has 0 radical (unpaired) electrons. The maximum absolute atomic E-state index is 4.33. The van der Waals surface area contributed by atoms with Gasteiger partial charge in [0, 0.05) is 32.0 Å². The molecule has 0 saturated carbocycles. The minimum atomic E-state index is 0.609. The summed E-state index contributed by atoms with van der Waals surface area (Å²) in [5, 5.41) is 4.33. The van der Waals surface area contributed by atoms with Crippen LogP contribution in [0.4, 0.5) is 0 Å². The van der Waals surface area contributed by atoms with Gasteiger partial charge in [-0.1, -0.05) is 11.6 Å². The predicted octanol–water partition coefficient (Wildman–Crippen LogP) is 2.49. The van der Waals surface area contributed by atoms with Crippen molar-refractivity contribution in [3.8, 4) is 0 Å². The minimum absolute atomic E-state index is 0.609. The molecule has 1 aliphatic rings. The van der Waals surface area contributed by atoms with Crippen LogP contribution in [0, 0.1) is 0 Å². The molecule has 0 unspecified atom stereocenters. The highest BCUT2D eigenvalue weighted by molar-refractivity contribution is 4.95. The molecule has 0 atom stereocenters. The van der Waals surface area contributed by atoms with Crippen LogP contribution in [0.25, 0.3) is 0 Å². The van der Waals surface area contributed by atoms with Crippen molar-refractivity contribution in [3.63, 3.8) is 0 Å². The molecule has 3 nitrogen and oxygen atoms in total. The SMILES string of the molecule is CC(C)=CCN1CCC(n2cccn2)CC1. The zero-order chi connectivity index (χ0) is 11.4. The van der Waals surface area contributed by atoms with Gasteiger partial charge >= 0.3 is 0 Å². The van der Waals surface area contributed by atoms with Gasteiger partial charge < -0.3 is 0 Å². The molecule has 2 heterocycles. The van der Waals surface area contributed by atoms with Crippen molar-refractivity contribution in [1.29, 1.82) is 0 Å². The molecule has 1 aromatic rings. The second-order valence-electron chi connectivity index (χ2n) is 4.80. The Labute approximate surface area is 97.8 Å². The molecule has 3 heteroatoms. The smallest absolute Gasteiger partial charge is 0.0543 e. The van der Waals surface area contributed by atoms with Crippen molar-refractivity contribution < 1.29 is 0 Å². The summed E-state index contributed by atoms with van der Waals surface area (Å²) in [5.74, 6) is 0. The van der Waals surface area contributed by atoms with Crippen molar-refractivity contribution in [2.45, 2.75) is 32.7 Å². The van der Waals surface area contributed by atoms with Crippen molar-refractivity contribution in [3.05, 3.63) is 30.1 Å². The first kappa shape index (κ1) is 11.4. The molecule has 0 bridgehead atoms. The highest BCUT2D eigenvalue weighted by Gasteiger charge is 2.19. The summed E-state index contributed by atoms with van der Waals surface area (Å²) < 4.78 is 2.11. The maximum Gasteiger partial charge on any atom is 0.0543 e. The molecule has 88 valence electrons. The first-order chi connectivity index (χ1) is 7.75. The van der Waals surface area contributed by atoms with E-state index in [4.69, 9.17) is 0 Å². The maximum atomic E-state index is 4.33. The number of hydrogen-bond donors (Lipinski definition) is 0. The van der Waals surface area contributed by atoms with Gasteiger partial charge in [-0.15, -0.1) is 0 Å². The van der Waals surface area contributed by atoms with Crippen molar-refractivity contribution in [2.24, 2.45) is 0 Å². The molecule has 0 spiro atoms. The number of rotatable bonds is 3. The van der Waals surface area contributed by atoms with E-state index in [9.17, 15) is 0 Å². The summed E-state index contributed by atoms with van der Waals surface area (Å²) in [4.78, 5) is 2.52. The highest BCUT2D eigenvalue weighted by Crippen LogP contribution is 2.21. The molecule has 2 rings (SSSR count). The summed E-state index contributed by atoms with van der Waals surface area (Å²) in [6.45, 7) is 7.81. The molecule has 0 N–H and O–H groups in total. The number of piperidine rings is 1. The van der Waals surface area contributed by atoms with Crippen LogP contribution < -0.4 is 0 Å². The molecule has 0 aliphatic carbocycles. The topological polar surface area (TPSA) is 21.1 Å². The molecule has 0 amide bonds. The summed E-state index contributed by atoms with van der Waals surface area (Å²) in [5.41, 5.74) is 1.41. The largest absolute Gasteiger partial charge is 0.300 e. The molecular weight excluding hydrogens is 198 g/mol. The summed E-state index contributed by atoms with van der Waals surface area (Å²) >= 11 is 0. The number of nitrogens with zero attached hydrogens (tertiary/aromatic N) is 3. The van der Waals surface area contributed by atoms with Crippen LogP contribution >= 0.6 is 0 Å². The Kier molecular flexibility index (Phi) is 3.78. The van der Waals surface area contributed by atoms with Gasteiger partial charge in [0.1, 0.15) is 0 Å². The van der Waals surface area contributed by atoms with Crippen molar-refractivity contribution in [2.75, 3.05) is 19.6 Å². The fourth-order valence-electron chi connectivity index (χ4n) is 2.17. The van der Waals surface area contributed by atoms with Crippen LogP contribution in [0.5, 0.6) is 0 Å². The normalized spacial score (nSPS) is 18.6. The van der Waals surface area contributed by atoms with Crippen LogP contribution in [0.2, 0.25) is 0 Å². The van der Waals surface area contributed by atoms with E-state index in [2.05, 4.69) is 40.8 Å². The highest BCUT2D eigenvalue weighted by atomic mass is 15.3. The Balaban J connectivity index is 1.81. The average molecular weight is 219 g/mol. The van der Waals surface area contributed by atoms with Crippen LogP contribution in [0.1, 0.15) is 32.7 Å². The van der Waals surface area contributed by atoms with Crippen LogP contribution in [-0.4, -0.2) is 34.3 Å². The van der Waals surface area contributed by atoms with Gasteiger partial charge in [-0.05, 0) is 32.8 Å². The van der Waals surface area contributed by atoms with E-state index in [-0.39, 0.29) is 0 Å². The molecule has 16 heavy (non-hydrogen) atoms. The Bertz CT molecular complexity index is 328. The Hall–Kier alpha value is -1.09. The number of allylic oxidation sites excluding steroid dienone is 1. The Morgan fingerprint density at radius 3 is 2.69 bits per heavy atom. The second kappa shape index (κ2) is 5.30. The molecule has 1 fully saturated rings. The molecular formula is C13H21N3. The first-order valence-electron chi connectivity index (χ1n) is 6.10. The first-order valence-corrected chi connectivity index (χ1v) is 6.10. The van der Waals surface area contributed by atoms with Gasteiger partial charge in [0.05, 0.1) is 6.04 Å². The number of aromatic nitrogens is 2. The van der Waals surface area contributed by atoms with Crippen molar-refractivity contribution in [1.82, 2.24) is 14.7 Å². The van der Waals surface area contributed by atoms with Crippen LogP contribution in [0.15, 0.2) is 30.1 Å². The quantitative estimate of drug-likeness (QED) is 0.728. The van der Waals surface area contributed by atoms with E-state index in [1.807, 2.05) is 12.3 Å². The molecule has 1 aliphatic heterocycles. The van der Waals surface area contributed by atoms with Gasteiger partial charge in [-0.3, -0.25) is 9.58 Å². The summed E-state index contributed by atoms with van der Waals surface area (Å²) in [6, 6.07) is 2.62. The van der Waals surface area contributed by atoms with E-state index in [0.29, 0.717) is 6.04 Å². The zero-order valence-electron chi connectivity index (χ0n) is 10.3. The molecule has 1 saturated heterocycles. The Morgan fingerprint density at radius 1 is 1.38 bits per heavy atom. The van der Waals surface area contributed by atoms with Crippen LogP contribution in [0.3, 0.4) is 0 Å². The third-order valence-electron chi connectivity index (χ3n) is 3.21.